The van der Waals surface area contributed by atoms with Gasteiger partial charge in [0.2, 0.25) is 5.91 Å². The molecule has 0 radical (unpaired) electrons. The number of piperidine rings is 1. The highest BCUT2D eigenvalue weighted by molar-refractivity contribution is 6.37. The second-order valence-corrected chi connectivity index (χ2v) is 5.90. The first-order chi connectivity index (χ1) is 9.56. The normalized spacial score (nSPS) is 18.8. The van der Waals surface area contributed by atoms with Crippen molar-refractivity contribution in [3.8, 4) is 5.75 Å². The number of rotatable bonds is 4. The lowest BCUT2D eigenvalue weighted by atomic mass is 9.94. The topological polar surface area (TPSA) is 61.4 Å². The standard InChI is InChI=1S/C14H18Cl2N2O2/c15-11-6-10(7-12(16)14(11)20)18-13(19)4-3-9-2-1-5-17-8-9/h6-7,9,17,20H,1-5,8H2,(H,18,19). The van der Waals surface area contributed by atoms with Gasteiger partial charge in [-0.05, 0) is 50.4 Å². The number of anilines is 1. The molecule has 1 saturated heterocycles. The van der Waals surface area contributed by atoms with Crippen molar-refractivity contribution in [2.24, 2.45) is 5.92 Å². The minimum atomic E-state index is -0.167. The lowest BCUT2D eigenvalue weighted by Crippen LogP contribution is -2.30. The summed E-state index contributed by atoms with van der Waals surface area (Å²) in [7, 11) is 0. The molecule has 20 heavy (non-hydrogen) atoms. The average Bonchev–Trinajstić information content (AvgIpc) is 2.43. The number of hydrogen-bond acceptors (Lipinski definition) is 3. The van der Waals surface area contributed by atoms with Gasteiger partial charge in [-0.3, -0.25) is 4.79 Å². The highest BCUT2D eigenvalue weighted by atomic mass is 35.5. The van der Waals surface area contributed by atoms with Crippen molar-refractivity contribution >= 4 is 34.8 Å². The van der Waals surface area contributed by atoms with Crippen LogP contribution in [0.3, 0.4) is 0 Å². The molecule has 0 spiro atoms. The number of hydrogen-bond donors (Lipinski definition) is 3. The number of amides is 1. The monoisotopic (exact) mass is 316 g/mol. The zero-order valence-electron chi connectivity index (χ0n) is 11.1. The third-order valence-corrected chi connectivity index (χ3v) is 4.06. The third-order valence-electron chi connectivity index (χ3n) is 3.48. The Morgan fingerprint density at radius 2 is 2.10 bits per heavy atom. The molecule has 6 heteroatoms. The molecule has 1 heterocycles. The molecule has 0 saturated carbocycles. The minimum absolute atomic E-state index is 0.0617. The van der Waals surface area contributed by atoms with E-state index in [4.69, 9.17) is 23.2 Å². The first-order valence-electron chi connectivity index (χ1n) is 6.75. The van der Waals surface area contributed by atoms with Gasteiger partial charge in [-0.15, -0.1) is 0 Å². The van der Waals surface area contributed by atoms with Gasteiger partial charge in [0.1, 0.15) is 0 Å². The number of phenols is 1. The van der Waals surface area contributed by atoms with Crippen molar-refractivity contribution < 1.29 is 9.90 Å². The SMILES string of the molecule is O=C(CCC1CCCNC1)Nc1cc(Cl)c(O)c(Cl)c1. The van der Waals surface area contributed by atoms with Gasteiger partial charge in [-0.1, -0.05) is 23.2 Å². The van der Waals surface area contributed by atoms with Gasteiger partial charge >= 0.3 is 0 Å². The van der Waals surface area contributed by atoms with Crippen LogP contribution in [-0.2, 0) is 4.79 Å². The van der Waals surface area contributed by atoms with Gasteiger partial charge in [0.15, 0.2) is 5.75 Å². The quantitative estimate of drug-likeness (QED) is 0.746. The molecule has 1 unspecified atom stereocenters. The summed E-state index contributed by atoms with van der Waals surface area (Å²) < 4.78 is 0. The molecule has 1 fully saturated rings. The molecule has 1 amide bonds. The van der Waals surface area contributed by atoms with E-state index in [0.717, 1.165) is 19.5 Å². The summed E-state index contributed by atoms with van der Waals surface area (Å²) in [5.41, 5.74) is 0.504. The molecular formula is C14H18Cl2N2O2. The predicted octanol–water partition coefficient (Wildman–Crippen LogP) is 3.42. The number of carbonyl (C=O) groups is 1. The fourth-order valence-corrected chi connectivity index (χ4v) is 2.85. The van der Waals surface area contributed by atoms with Crippen LogP contribution < -0.4 is 10.6 Å². The smallest absolute Gasteiger partial charge is 0.224 e. The van der Waals surface area contributed by atoms with Crippen LogP contribution in [0, 0.1) is 5.92 Å². The molecule has 110 valence electrons. The third kappa shape index (κ3) is 4.27. The van der Waals surface area contributed by atoms with Crippen LogP contribution >= 0.6 is 23.2 Å². The fourth-order valence-electron chi connectivity index (χ4n) is 2.37. The van der Waals surface area contributed by atoms with E-state index < -0.39 is 0 Å². The average molecular weight is 317 g/mol. The Morgan fingerprint density at radius 1 is 1.40 bits per heavy atom. The number of benzene rings is 1. The molecule has 1 aliphatic heterocycles. The van der Waals surface area contributed by atoms with Crippen LogP contribution in [0.2, 0.25) is 10.0 Å². The van der Waals surface area contributed by atoms with Gasteiger partial charge < -0.3 is 15.7 Å². The Labute approximate surface area is 128 Å². The van der Waals surface area contributed by atoms with E-state index in [1.54, 1.807) is 0 Å². The number of phenolic OH excluding ortho intramolecular Hbond substituents is 1. The zero-order valence-corrected chi connectivity index (χ0v) is 12.6. The van der Waals surface area contributed by atoms with Crippen LogP contribution in [0.15, 0.2) is 12.1 Å². The molecule has 0 aromatic heterocycles. The Bertz CT molecular complexity index is 465. The van der Waals surface area contributed by atoms with Crippen molar-refractivity contribution in [2.45, 2.75) is 25.7 Å². The van der Waals surface area contributed by atoms with Crippen molar-refractivity contribution in [3.63, 3.8) is 0 Å². The molecule has 1 atom stereocenters. The summed E-state index contributed by atoms with van der Waals surface area (Å²) in [5, 5.41) is 15.8. The fraction of sp³-hybridized carbons (Fsp3) is 0.500. The van der Waals surface area contributed by atoms with Crippen molar-refractivity contribution in [2.75, 3.05) is 18.4 Å². The summed E-state index contributed by atoms with van der Waals surface area (Å²) in [5.74, 6) is 0.342. The predicted molar refractivity (Wildman–Crippen MR) is 81.6 cm³/mol. The van der Waals surface area contributed by atoms with E-state index >= 15 is 0 Å². The van der Waals surface area contributed by atoms with E-state index in [1.807, 2.05) is 0 Å². The largest absolute Gasteiger partial charge is 0.505 e. The number of aromatic hydroxyl groups is 1. The molecule has 3 N–H and O–H groups in total. The summed E-state index contributed by atoms with van der Waals surface area (Å²) in [6.45, 7) is 2.07. The minimum Gasteiger partial charge on any atom is -0.505 e. The Balaban J connectivity index is 1.84. The van der Waals surface area contributed by atoms with Gasteiger partial charge in [0.05, 0.1) is 10.0 Å². The Kier molecular flexibility index (Phi) is 5.52. The van der Waals surface area contributed by atoms with Crippen molar-refractivity contribution in [1.82, 2.24) is 5.32 Å². The molecule has 0 bridgehead atoms. The lowest BCUT2D eigenvalue weighted by Gasteiger charge is -2.22. The number of carbonyl (C=O) groups excluding carboxylic acids is 1. The second-order valence-electron chi connectivity index (χ2n) is 5.09. The Hall–Kier alpha value is -0.970. The van der Waals surface area contributed by atoms with Gasteiger partial charge in [0, 0.05) is 12.1 Å². The molecule has 4 nitrogen and oxygen atoms in total. The summed E-state index contributed by atoms with van der Waals surface area (Å²) >= 11 is 11.6. The maximum Gasteiger partial charge on any atom is 0.224 e. The summed E-state index contributed by atoms with van der Waals surface area (Å²) in [6, 6.07) is 2.98. The second kappa shape index (κ2) is 7.16. The van der Waals surface area contributed by atoms with Crippen LogP contribution in [0.5, 0.6) is 5.75 Å². The summed E-state index contributed by atoms with van der Waals surface area (Å²) in [4.78, 5) is 11.9. The van der Waals surface area contributed by atoms with E-state index in [0.29, 0.717) is 18.0 Å². The van der Waals surface area contributed by atoms with E-state index in [-0.39, 0.29) is 21.7 Å². The number of nitrogens with one attached hydrogen (secondary N) is 2. The highest BCUT2D eigenvalue weighted by Gasteiger charge is 2.15. The first kappa shape index (κ1) is 15.4. The summed E-state index contributed by atoms with van der Waals surface area (Å²) in [6.07, 6.45) is 3.70. The first-order valence-corrected chi connectivity index (χ1v) is 7.50. The van der Waals surface area contributed by atoms with E-state index in [1.165, 1.54) is 25.0 Å². The van der Waals surface area contributed by atoms with Crippen LogP contribution in [0.1, 0.15) is 25.7 Å². The molecule has 2 rings (SSSR count). The van der Waals surface area contributed by atoms with E-state index in [9.17, 15) is 9.90 Å². The van der Waals surface area contributed by atoms with Gasteiger partial charge in [-0.25, -0.2) is 0 Å². The molecule has 1 aromatic rings. The lowest BCUT2D eigenvalue weighted by molar-refractivity contribution is -0.116. The van der Waals surface area contributed by atoms with Gasteiger partial charge in [0.25, 0.3) is 0 Å². The van der Waals surface area contributed by atoms with E-state index in [2.05, 4.69) is 10.6 Å². The molecule has 1 aliphatic rings. The molecule has 0 aliphatic carbocycles. The molecule has 1 aromatic carbocycles. The van der Waals surface area contributed by atoms with Crippen molar-refractivity contribution in [1.29, 1.82) is 0 Å². The van der Waals surface area contributed by atoms with Crippen molar-refractivity contribution in [3.05, 3.63) is 22.2 Å². The molecular weight excluding hydrogens is 299 g/mol. The van der Waals surface area contributed by atoms with Crippen LogP contribution in [-0.4, -0.2) is 24.1 Å². The Morgan fingerprint density at radius 3 is 2.70 bits per heavy atom. The van der Waals surface area contributed by atoms with Gasteiger partial charge in [-0.2, -0.15) is 0 Å². The van der Waals surface area contributed by atoms with Crippen LogP contribution in [0.4, 0.5) is 5.69 Å². The highest BCUT2D eigenvalue weighted by Crippen LogP contribution is 2.34. The maximum atomic E-state index is 11.9. The number of halogens is 2. The maximum absolute atomic E-state index is 11.9. The zero-order chi connectivity index (χ0) is 14.5. The van der Waals surface area contributed by atoms with Crippen LogP contribution in [0.25, 0.3) is 0 Å².